The van der Waals surface area contributed by atoms with Crippen LogP contribution in [0.2, 0.25) is 0 Å². The molecule has 0 radical (unpaired) electrons. The van der Waals surface area contributed by atoms with Crippen LogP contribution in [0.4, 0.5) is 0 Å². The molecule has 0 bridgehead atoms. The highest BCUT2D eigenvalue weighted by Crippen LogP contribution is 2.33. The lowest BCUT2D eigenvalue weighted by molar-refractivity contribution is -0.127. The Bertz CT molecular complexity index is 265. The molecular formula is C11H16N2O. The van der Waals surface area contributed by atoms with Crippen LogP contribution < -0.4 is 0 Å². The maximum Gasteiger partial charge on any atom is 0.224 e. The highest BCUT2D eigenvalue weighted by molar-refractivity contribution is 5.79. The molecule has 0 spiro atoms. The fraction of sp³-hybridized carbons (Fsp3) is 0.818. The van der Waals surface area contributed by atoms with Crippen LogP contribution in [0, 0.1) is 23.2 Å². The van der Waals surface area contributed by atoms with Gasteiger partial charge in [-0.05, 0) is 18.8 Å². The van der Waals surface area contributed by atoms with Crippen LogP contribution in [0.3, 0.4) is 0 Å². The number of nitrogens with zero attached hydrogens (tertiary/aromatic N) is 2. The van der Waals surface area contributed by atoms with Crippen molar-refractivity contribution in [1.82, 2.24) is 4.90 Å². The zero-order valence-electron chi connectivity index (χ0n) is 8.41. The quantitative estimate of drug-likeness (QED) is 0.678. The second-order valence-electron chi connectivity index (χ2n) is 4.46. The van der Waals surface area contributed by atoms with Gasteiger partial charge in [0.05, 0.1) is 12.0 Å². The molecule has 1 saturated carbocycles. The van der Waals surface area contributed by atoms with Crippen molar-refractivity contribution < 1.29 is 4.79 Å². The maximum atomic E-state index is 11.4. The summed E-state index contributed by atoms with van der Waals surface area (Å²) in [5.41, 5.74) is 0. The van der Waals surface area contributed by atoms with Crippen LogP contribution >= 0.6 is 0 Å². The van der Waals surface area contributed by atoms with Crippen LogP contribution in [0.1, 0.15) is 32.1 Å². The highest BCUT2D eigenvalue weighted by Gasteiger charge is 2.29. The Labute approximate surface area is 84.7 Å². The van der Waals surface area contributed by atoms with Crippen molar-refractivity contribution in [3.05, 3.63) is 0 Å². The average molecular weight is 192 g/mol. The van der Waals surface area contributed by atoms with Crippen molar-refractivity contribution in [2.75, 3.05) is 13.1 Å². The Morgan fingerprint density at radius 1 is 1.50 bits per heavy atom. The van der Waals surface area contributed by atoms with Gasteiger partial charge in [-0.2, -0.15) is 5.26 Å². The standard InChI is InChI=1S/C11H16N2O/c12-7-10-6-11(14)13(8-10)5-1-2-9-3-4-9/h9-10H,1-6,8H2. The zero-order chi connectivity index (χ0) is 9.97. The number of carbonyl (C=O) groups is 1. The molecule has 2 aliphatic rings. The SMILES string of the molecule is N#CC1CC(=O)N(CCCC2CC2)C1. The van der Waals surface area contributed by atoms with E-state index >= 15 is 0 Å². The topological polar surface area (TPSA) is 44.1 Å². The lowest BCUT2D eigenvalue weighted by Gasteiger charge is -2.14. The third-order valence-corrected chi connectivity index (χ3v) is 3.13. The zero-order valence-corrected chi connectivity index (χ0v) is 8.41. The smallest absolute Gasteiger partial charge is 0.224 e. The summed E-state index contributed by atoms with van der Waals surface area (Å²) >= 11 is 0. The van der Waals surface area contributed by atoms with E-state index in [0.29, 0.717) is 13.0 Å². The third-order valence-electron chi connectivity index (χ3n) is 3.13. The van der Waals surface area contributed by atoms with Gasteiger partial charge >= 0.3 is 0 Å². The number of rotatable bonds is 4. The van der Waals surface area contributed by atoms with E-state index in [4.69, 9.17) is 5.26 Å². The molecule has 0 aromatic rings. The van der Waals surface area contributed by atoms with Gasteiger partial charge in [-0.3, -0.25) is 4.79 Å². The predicted octanol–water partition coefficient (Wildman–Crippen LogP) is 1.55. The Balaban J connectivity index is 1.69. The van der Waals surface area contributed by atoms with Gasteiger partial charge in [-0.15, -0.1) is 0 Å². The molecular weight excluding hydrogens is 176 g/mol. The van der Waals surface area contributed by atoms with Crippen molar-refractivity contribution >= 4 is 5.91 Å². The van der Waals surface area contributed by atoms with E-state index in [0.717, 1.165) is 18.9 Å². The minimum absolute atomic E-state index is 0.0524. The van der Waals surface area contributed by atoms with E-state index in [2.05, 4.69) is 6.07 Å². The molecule has 1 atom stereocenters. The summed E-state index contributed by atoms with van der Waals surface area (Å²) in [6.07, 6.45) is 5.60. The predicted molar refractivity (Wildman–Crippen MR) is 52.3 cm³/mol. The van der Waals surface area contributed by atoms with Crippen molar-refractivity contribution in [1.29, 1.82) is 5.26 Å². The molecule has 0 N–H and O–H groups in total. The van der Waals surface area contributed by atoms with E-state index < -0.39 is 0 Å². The Kier molecular flexibility index (Phi) is 2.72. The molecule has 1 heterocycles. The second kappa shape index (κ2) is 4.00. The molecule has 1 saturated heterocycles. The van der Waals surface area contributed by atoms with Gasteiger partial charge in [0.1, 0.15) is 0 Å². The Hall–Kier alpha value is -1.04. The van der Waals surface area contributed by atoms with Gasteiger partial charge in [0.15, 0.2) is 0 Å². The van der Waals surface area contributed by atoms with Crippen LogP contribution in [0.25, 0.3) is 0 Å². The normalized spacial score (nSPS) is 26.6. The van der Waals surface area contributed by atoms with Crippen LogP contribution in [0.15, 0.2) is 0 Å². The van der Waals surface area contributed by atoms with Crippen molar-refractivity contribution in [3.63, 3.8) is 0 Å². The molecule has 14 heavy (non-hydrogen) atoms. The molecule has 76 valence electrons. The molecule has 2 fully saturated rings. The molecule has 1 aliphatic carbocycles. The van der Waals surface area contributed by atoms with E-state index in [1.165, 1.54) is 19.3 Å². The van der Waals surface area contributed by atoms with Crippen molar-refractivity contribution in [3.8, 4) is 6.07 Å². The van der Waals surface area contributed by atoms with Gasteiger partial charge < -0.3 is 4.90 Å². The summed E-state index contributed by atoms with van der Waals surface area (Å²) in [5, 5.41) is 8.70. The molecule has 3 heteroatoms. The van der Waals surface area contributed by atoms with Crippen LogP contribution in [-0.2, 0) is 4.79 Å². The van der Waals surface area contributed by atoms with Crippen molar-refractivity contribution in [2.24, 2.45) is 11.8 Å². The highest BCUT2D eigenvalue weighted by atomic mass is 16.2. The third kappa shape index (κ3) is 2.25. The fourth-order valence-electron chi connectivity index (χ4n) is 2.05. The minimum atomic E-state index is -0.0524. The Morgan fingerprint density at radius 2 is 2.29 bits per heavy atom. The maximum absolute atomic E-state index is 11.4. The molecule has 3 nitrogen and oxygen atoms in total. The van der Waals surface area contributed by atoms with Gasteiger partial charge in [0.25, 0.3) is 0 Å². The first kappa shape index (κ1) is 9.51. The van der Waals surface area contributed by atoms with Gasteiger partial charge in [0, 0.05) is 19.5 Å². The number of nitriles is 1. The lowest BCUT2D eigenvalue weighted by atomic mass is 10.1. The minimum Gasteiger partial charge on any atom is -0.341 e. The monoisotopic (exact) mass is 192 g/mol. The summed E-state index contributed by atoms with van der Waals surface area (Å²) in [4.78, 5) is 13.3. The van der Waals surface area contributed by atoms with E-state index in [-0.39, 0.29) is 11.8 Å². The first-order valence-corrected chi connectivity index (χ1v) is 5.47. The molecule has 1 amide bonds. The number of hydrogen-bond donors (Lipinski definition) is 0. The van der Waals surface area contributed by atoms with E-state index in [1.807, 2.05) is 4.90 Å². The molecule has 1 aliphatic heterocycles. The number of carbonyl (C=O) groups excluding carboxylic acids is 1. The molecule has 0 aromatic heterocycles. The van der Waals surface area contributed by atoms with E-state index in [9.17, 15) is 4.79 Å². The fourth-order valence-corrected chi connectivity index (χ4v) is 2.05. The largest absolute Gasteiger partial charge is 0.341 e. The molecule has 1 unspecified atom stereocenters. The summed E-state index contributed by atoms with van der Waals surface area (Å²) in [5.74, 6) is 1.07. The van der Waals surface area contributed by atoms with Gasteiger partial charge in [-0.25, -0.2) is 0 Å². The van der Waals surface area contributed by atoms with Gasteiger partial charge in [0.2, 0.25) is 5.91 Å². The first-order valence-electron chi connectivity index (χ1n) is 5.47. The lowest BCUT2D eigenvalue weighted by Crippen LogP contribution is -2.26. The Morgan fingerprint density at radius 3 is 2.86 bits per heavy atom. The average Bonchev–Trinajstić information content (AvgIpc) is 2.92. The summed E-state index contributed by atoms with van der Waals surface area (Å²) in [6.45, 7) is 1.54. The van der Waals surface area contributed by atoms with Crippen LogP contribution in [0.5, 0.6) is 0 Å². The van der Waals surface area contributed by atoms with E-state index in [1.54, 1.807) is 0 Å². The molecule has 2 rings (SSSR count). The summed E-state index contributed by atoms with van der Waals surface area (Å²) in [7, 11) is 0. The first-order chi connectivity index (χ1) is 6.79. The summed E-state index contributed by atoms with van der Waals surface area (Å²) in [6, 6.07) is 2.17. The number of amides is 1. The number of likely N-dealkylation sites (tertiary alicyclic amines) is 1. The van der Waals surface area contributed by atoms with Gasteiger partial charge in [-0.1, -0.05) is 12.8 Å². The molecule has 0 aromatic carbocycles. The summed E-state index contributed by atoms with van der Waals surface area (Å²) < 4.78 is 0. The van der Waals surface area contributed by atoms with Crippen LogP contribution in [-0.4, -0.2) is 23.9 Å². The second-order valence-corrected chi connectivity index (χ2v) is 4.46. The number of hydrogen-bond acceptors (Lipinski definition) is 2. The van der Waals surface area contributed by atoms with Crippen molar-refractivity contribution in [2.45, 2.75) is 32.1 Å².